The summed E-state index contributed by atoms with van der Waals surface area (Å²) in [6.07, 6.45) is 0.551. The van der Waals surface area contributed by atoms with Gasteiger partial charge < -0.3 is 14.8 Å². The molecule has 0 aromatic heterocycles. The van der Waals surface area contributed by atoms with Crippen LogP contribution in [0.15, 0.2) is 42.5 Å². The summed E-state index contributed by atoms with van der Waals surface area (Å²) in [5.74, 6) is 0.755. The van der Waals surface area contributed by atoms with Gasteiger partial charge in [-0.3, -0.25) is 4.79 Å². The maximum Gasteiger partial charge on any atom is 0.586 e. The number of nitrogens with one attached hydrogen (secondary N) is 1. The summed E-state index contributed by atoms with van der Waals surface area (Å²) < 4.78 is 35.3. The summed E-state index contributed by atoms with van der Waals surface area (Å²) in [5, 5.41) is 3.52. The predicted molar refractivity (Wildman–Crippen MR) is 102 cm³/mol. The molecule has 2 aromatic carbocycles. The average molecular weight is 408 g/mol. The molecular weight excluding hydrogens is 388 g/mol. The topological polar surface area (TPSA) is 47.6 Å². The van der Waals surface area contributed by atoms with E-state index in [2.05, 4.69) is 14.8 Å². The molecule has 0 spiro atoms. The molecule has 1 amide bonds. The molecular formula is C21H20ClF2NO3. The molecule has 2 aliphatic rings. The number of benzene rings is 2. The van der Waals surface area contributed by atoms with E-state index in [0.717, 1.165) is 36.9 Å². The number of carbonyl (C=O) groups excluding carboxylic acids is 1. The molecule has 0 radical (unpaired) electrons. The van der Waals surface area contributed by atoms with Crippen molar-refractivity contribution >= 4 is 23.2 Å². The number of hydrogen-bond donors (Lipinski definition) is 1. The molecule has 0 saturated heterocycles. The number of anilines is 1. The number of amides is 1. The molecule has 4 rings (SSSR count). The highest BCUT2D eigenvalue weighted by atomic mass is 35.5. The second kappa shape index (κ2) is 7.59. The van der Waals surface area contributed by atoms with Crippen LogP contribution in [0.2, 0.25) is 5.02 Å². The summed E-state index contributed by atoms with van der Waals surface area (Å²) in [6, 6.07) is 12.0. The maximum atomic E-state index is 13.2. The minimum atomic E-state index is -3.59. The standard InChI is InChI=1S/C21H20ClF2NO3/c22-16-6-8-17(9-7-16)25-20(26)11-13-1-3-14(4-2-13)15-5-10-18-19(12-15)28-21(23,24)27-18/h5-10,12-14H,1-4,11H2,(H,25,26). The van der Waals surface area contributed by atoms with E-state index in [0.29, 0.717) is 17.4 Å². The molecule has 1 saturated carbocycles. The predicted octanol–water partition coefficient (Wildman–Crippen LogP) is 5.96. The van der Waals surface area contributed by atoms with E-state index in [4.69, 9.17) is 11.6 Å². The van der Waals surface area contributed by atoms with Gasteiger partial charge in [0.2, 0.25) is 5.91 Å². The van der Waals surface area contributed by atoms with Crippen LogP contribution in [-0.4, -0.2) is 12.2 Å². The molecule has 0 bridgehead atoms. The monoisotopic (exact) mass is 407 g/mol. The normalized spacial score (nSPS) is 22.7. The largest absolute Gasteiger partial charge is 0.586 e. The third-order valence-electron chi connectivity index (χ3n) is 5.35. The zero-order valence-corrected chi connectivity index (χ0v) is 15.8. The van der Waals surface area contributed by atoms with Crippen molar-refractivity contribution < 1.29 is 23.0 Å². The minimum absolute atomic E-state index is 0.00363. The first-order valence-electron chi connectivity index (χ1n) is 9.33. The Morgan fingerprint density at radius 1 is 1.04 bits per heavy atom. The minimum Gasteiger partial charge on any atom is -0.395 e. The Labute approximate surface area is 166 Å². The molecule has 0 atom stereocenters. The quantitative estimate of drug-likeness (QED) is 0.679. The highest BCUT2D eigenvalue weighted by Gasteiger charge is 2.43. The average Bonchev–Trinajstić information content (AvgIpc) is 2.97. The zero-order chi connectivity index (χ0) is 19.7. The van der Waals surface area contributed by atoms with Crippen LogP contribution in [0.5, 0.6) is 11.5 Å². The van der Waals surface area contributed by atoms with Gasteiger partial charge in [0.25, 0.3) is 0 Å². The highest BCUT2D eigenvalue weighted by molar-refractivity contribution is 6.30. The van der Waals surface area contributed by atoms with E-state index in [1.165, 1.54) is 6.07 Å². The molecule has 1 heterocycles. The zero-order valence-electron chi connectivity index (χ0n) is 15.1. The van der Waals surface area contributed by atoms with Gasteiger partial charge in [-0.05, 0) is 79.5 Å². The van der Waals surface area contributed by atoms with E-state index in [1.807, 2.05) is 6.07 Å². The van der Waals surface area contributed by atoms with Crippen molar-refractivity contribution in [1.82, 2.24) is 0 Å². The maximum absolute atomic E-state index is 13.2. The number of ether oxygens (including phenoxy) is 2. The summed E-state index contributed by atoms with van der Waals surface area (Å²) in [7, 11) is 0. The van der Waals surface area contributed by atoms with Crippen LogP contribution in [0.3, 0.4) is 0 Å². The van der Waals surface area contributed by atoms with Crippen LogP contribution in [0.1, 0.15) is 43.6 Å². The van der Waals surface area contributed by atoms with Crippen LogP contribution >= 0.6 is 11.6 Å². The lowest BCUT2D eigenvalue weighted by atomic mass is 9.77. The Hall–Kier alpha value is -2.34. The molecule has 1 aliphatic heterocycles. The van der Waals surface area contributed by atoms with Crippen molar-refractivity contribution in [2.24, 2.45) is 5.92 Å². The van der Waals surface area contributed by atoms with Crippen LogP contribution in [0.25, 0.3) is 0 Å². The fourth-order valence-corrected chi connectivity index (χ4v) is 4.05. The van der Waals surface area contributed by atoms with Crippen molar-refractivity contribution in [3.8, 4) is 11.5 Å². The molecule has 4 nitrogen and oxygen atoms in total. The number of alkyl halides is 2. The van der Waals surface area contributed by atoms with Crippen molar-refractivity contribution in [1.29, 1.82) is 0 Å². The molecule has 7 heteroatoms. The van der Waals surface area contributed by atoms with Crippen LogP contribution in [0, 0.1) is 5.92 Å². The first-order chi connectivity index (χ1) is 13.4. The van der Waals surface area contributed by atoms with Crippen molar-refractivity contribution in [3.05, 3.63) is 53.1 Å². The lowest BCUT2D eigenvalue weighted by Gasteiger charge is -2.28. The van der Waals surface area contributed by atoms with Gasteiger partial charge in [0, 0.05) is 17.1 Å². The van der Waals surface area contributed by atoms with E-state index in [1.54, 1.807) is 30.3 Å². The number of halogens is 3. The lowest BCUT2D eigenvalue weighted by molar-refractivity contribution is -0.286. The van der Waals surface area contributed by atoms with Gasteiger partial charge in [-0.15, -0.1) is 8.78 Å². The van der Waals surface area contributed by atoms with Crippen molar-refractivity contribution in [3.63, 3.8) is 0 Å². The summed E-state index contributed by atoms with van der Waals surface area (Å²) in [6.45, 7) is 0. The first-order valence-corrected chi connectivity index (χ1v) is 9.71. The summed E-state index contributed by atoms with van der Waals surface area (Å²) in [4.78, 5) is 12.3. The second-order valence-electron chi connectivity index (χ2n) is 7.35. The Bertz CT molecular complexity index is 864. The SMILES string of the molecule is O=C(CC1CCC(c2ccc3c(c2)OC(F)(F)O3)CC1)Nc1ccc(Cl)cc1. The van der Waals surface area contributed by atoms with Crippen LogP contribution in [0.4, 0.5) is 14.5 Å². The van der Waals surface area contributed by atoms with Gasteiger partial charge in [-0.25, -0.2) is 0 Å². The smallest absolute Gasteiger partial charge is 0.395 e. The van der Waals surface area contributed by atoms with Gasteiger partial charge >= 0.3 is 6.29 Å². The molecule has 1 N–H and O–H groups in total. The summed E-state index contributed by atoms with van der Waals surface area (Å²) >= 11 is 5.85. The molecule has 1 fully saturated rings. The Morgan fingerprint density at radius 2 is 1.71 bits per heavy atom. The van der Waals surface area contributed by atoms with E-state index in [9.17, 15) is 13.6 Å². The van der Waals surface area contributed by atoms with Gasteiger partial charge in [-0.2, -0.15) is 0 Å². The third-order valence-corrected chi connectivity index (χ3v) is 5.60. The Balaban J connectivity index is 1.29. The van der Waals surface area contributed by atoms with Crippen molar-refractivity contribution in [2.45, 2.75) is 44.3 Å². The molecule has 28 heavy (non-hydrogen) atoms. The van der Waals surface area contributed by atoms with Gasteiger partial charge in [0.05, 0.1) is 0 Å². The van der Waals surface area contributed by atoms with Crippen molar-refractivity contribution in [2.75, 3.05) is 5.32 Å². The third kappa shape index (κ3) is 4.38. The van der Waals surface area contributed by atoms with Gasteiger partial charge in [0.15, 0.2) is 11.5 Å². The van der Waals surface area contributed by atoms with E-state index in [-0.39, 0.29) is 23.3 Å². The second-order valence-corrected chi connectivity index (χ2v) is 7.79. The molecule has 0 unspecified atom stereocenters. The molecule has 1 aliphatic carbocycles. The molecule has 2 aromatic rings. The Kier molecular flexibility index (Phi) is 5.15. The van der Waals surface area contributed by atoms with Crippen LogP contribution < -0.4 is 14.8 Å². The fourth-order valence-electron chi connectivity index (χ4n) is 3.93. The number of rotatable bonds is 4. The Morgan fingerprint density at radius 3 is 2.43 bits per heavy atom. The van der Waals surface area contributed by atoms with E-state index >= 15 is 0 Å². The van der Waals surface area contributed by atoms with Crippen LogP contribution in [-0.2, 0) is 4.79 Å². The van der Waals surface area contributed by atoms with Gasteiger partial charge in [0.1, 0.15) is 0 Å². The van der Waals surface area contributed by atoms with E-state index < -0.39 is 6.29 Å². The van der Waals surface area contributed by atoms with Gasteiger partial charge in [-0.1, -0.05) is 17.7 Å². The molecule has 148 valence electrons. The summed E-state index contributed by atoms with van der Waals surface area (Å²) in [5.41, 5.74) is 1.71. The number of carbonyl (C=O) groups is 1. The number of hydrogen-bond acceptors (Lipinski definition) is 3. The fraction of sp³-hybridized carbons (Fsp3) is 0.381. The first kappa shape index (κ1) is 19.0. The highest BCUT2D eigenvalue weighted by Crippen LogP contribution is 2.44. The number of fused-ring (bicyclic) bond motifs is 1. The lowest BCUT2D eigenvalue weighted by Crippen LogP contribution is -2.25.